The zero-order chi connectivity index (χ0) is 25.2. The molecule has 3 aliphatic heterocycles. The summed E-state index contributed by atoms with van der Waals surface area (Å²) in [4.78, 5) is 56.2. The van der Waals surface area contributed by atoms with Gasteiger partial charge in [0.2, 0.25) is 23.6 Å². The number of fused-ring (bicyclic) bond motifs is 1. The molecule has 3 N–H and O–H groups in total. The van der Waals surface area contributed by atoms with Crippen LogP contribution in [0.25, 0.3) is 0 Å². The first-order valence-corrected chi connectivity index (χ1v) is 12.3. The minimum Gasteiger partial charge on any atom is -0.478 e. The van der Waals surface area contributed by atoms with Crippen LogP contribution >= 0.6 is 0 Å². The highest BCUT2D eigenvalue weighted by Crippen LogP contribution is 2.36. The molecule has 0 bridgehead atoms. The Kier molecular flexibility index (Phi) is 6.58. The van der Waals surface area contributed by atoms with Gasteiger partial charge in [-0.1, -0.05) is 6.07 Å². The monoisotopic (exact) mass is 491 g/mol. The molecule has 10 heteroatoms. The van der Waals surface area contributed by atoms with E-state index in [2.05, 4.69) is 15.2 Å². The summed E-state index contributed by atoms with van der Waals surface area (Å²) < 4.78 is 5.74. The number of carbonyl (C=O) groups excluding carboxylic acids is 4. The van der Waals surface area contributed by atoms with Crippen molar-refractivity contribution in [1.29, 1.82) is 0 Å². The molecule has 10 nitrogen and oxygen atoms in total. The quantitative estimate of drug-likeness (QED) is 0.562. The number of nitrogens with one attached hydrogen (secondary N) is 1. The Labute approximate surface area is 208 Å². The number of carbonyl (C=O) groups is 4. The van der Waals surface area contributed by atoms with Crippen LogP contribution in [0.5, 0.6) is 5.88 Å². The molecule has 5 rings (SSSR count). The van der Waals surface area contributed by atoms with Crippen LogP contribution < -0.4 is 20.7 Å². The number of hydrogen-bond acceptors (Lipinski definition) is 7. The number of amides is 4. The van der Waals surface area contributed by atoms with Gasteiger partial charge in [0.15, 0.2) is 0 Å². The van der Waals surface area contributed by atoms with Crippen molar-refractivity contribution in [2.24, 2.45) is 11.7 Å². The minimum atomic E-state index is -0.609. The summed E-state index contributed by atoms with van der Waals surface area (Å²) in [6.45, 7) is 2.67. The third-order valence-corrected chi connectivity index (χ3v) is 7.31. The van der Waals surface area contributed by atoms with Crippen LogP contribution in [0.15, 0.2) is 36.5 Å². The largest absolute Gasteiger partial charge is 0.478 e. The van der Waals surface area contributed by atoms with E-state index in [0.717, 1.165) is 43.6 Å². The van der Waals surface area contributed by atoms with Crippen molar-refractivity contribution in [1.82, 2.24) is 15.2 Å². The zero-order valence-electron chi connectivity index (χ0n) is 19.9. The second-order valence-electron chi connectivity index (χ2n) is 9.52. The average Bonchev–Trinajstić information content (AvgIpc) is 3.21. The third kappa shape index (κ3) is 4.75. The van der Waals surface area contributed by atoms with Gasteiger partial charge in [0.05, 0.1) is 12.2 Å². The van der Waals surface area contributed by atoms with E-state index in [4.69, 9.17) is 10.5 Å². The van der Waals surface area contributed by atoms with E-state index in [1.807, 2.05) is 18.2 Å². The minimum absolute atomic E-state index is 0.147. The Morgan fingerprint density at radius 2 is 1.92 bits per heavy atom. The Morgan fingerprint density at radius 1 is 1.11 bits per heavy atom. The van der Waals surface area contributed by atoms with Crippen molar-refractivity contribution in [2.45, 2.75) is 44.7 Å². The number of pyridine rings is 1. The summed E-state index contributed by atoms with van der Waals surface area (Å²) >= 11 is 0. The van der Waals surface area contributed by atoms with Gasteiger partial charge >= 0.3 is 0 Å². The van der Waals surface area contributed by atoms with Gasteiger partial charge < -0.3 is 20.3 Å². The third-order valence-electron chi connectivity index (χ3n) is 7.31. The summed E-state index contributed by atoms with van der Waals surface area (Å²) in [6.07, 6.45) is 4.94. The fraction of sp³-hybridized carbons (Fsp3) is 0.423. The molecule has 0 radical (unpaired) electrons. The average molecular weight is 492 g/mol. The molecule has 0 aliphatic carbocycles. The molecule has 1 aromatic carbocycles. The normalized spacial score (nSPS) is 20.3. The van der Waals surface area contributed by atoms with Crippen molar-refractivity contribution in [3.63, 3.8) is 0 Å². The number of anilines is 1. The van der Waals surface area contributed by atoms with Gasteiger partial charge in [0.25, 0.3) is 5.91 Å². The number of primary amides is 1. The summed E-state index contributed by atoms with van der Waals surface area (Å²) in [5.74, 6) is -0.349. The van der Waals surface area contributed by atoms with Crippen LogP contribution in [0.2, 0.25) is 0 Å². The lowest BCUT2D eigenvalue weighted by Crippen LogP contribution is -2.52. The number of nitrogens with two attached hydrogens (primary N) is 1. The molecule has 188 valence electrons. The molecule has 1 unspecified atom stereocenters. The second-order valence-corrected chi connectivity index (χ2v) is 9.52. The summed E-state index contributed by atoms with van der Waals surface area (Å²) in [7, 11) is 0. The van der Waals surface area contributed by atoms with E-state index < -0.39 is 17.9 Å². The first-order chi connectivity index (χ1) is 17.4. The number of aromatic nitrogens is 1. The Hall–Kier alpha value is -3.95. The van der Waals surface area contributed by atoms with Crippen molar-refractivity contribution in [3.05, 3.63) is 53.2 Å². The van der Waals surface area contributed by atoms with Gasteiger partial charge in [0, 0.05) is 55.1 Å². The number of nitrogens with zero attached hydrogens (tertiary/aromatic N) is 3. The topological polar surface area (TPSA) is 135 Å². The van der Waals surface area contributed by atoms with Crippen molar-refractivity contribution in [2.75, 3.05) is 24.6 Å². The highest BCUT2D eigenvalue weighted by atomic mass is 16.5. The van der Waals surface area contributed by atoms with Crippen molar-refractivity contribution in [3.8, 4) is 5.88 Å². The molecule has 1 atom stereocenters. The fourth-order valence-electron chi connectivity index (χ4n) is 5.27. The van der Waals surface area contributed by atoms with Crippen LogP contribution in [-0.4, -0.2) is 59.3 Å². The number of ether oxygens (including phenoxy) is 1. The first-order valence-electron chi connectivity index (χ1n) is 12.3. The highest BCUT2D eigenvalue weighted by Gasteiger charge is 2.40. The predicted molar refractivity (Wildman–Crippen MR) is 130 cm³/mol. The number of hydrogen-bond donors (Lipinski definition) is 2. The zero-order valence-corrected chi connectivity index (χ0v) is 19.9. The highest BCUT2D eigenvalue weighted by molar-refractivity contribution is 6.06. The molecule has 1 aromatic heterocycles. The summed E-state index contributed by atoms with van der Waals surface area (Å²) in [5, 5.41) is 2.36. The maximum absolute atomic E-state index is 13.1. The van der Waals surface area contributed by atoms with Gasteiger partial charge in [-0.15, -0.1) is 0 Å². The maximum atomic E-state index is 13.1. The van der Waals surface area contributed by atoms with Gasteiger partial charge in [-0.3, -0.25) is 24.5 Å². The van der Waals surface area contributed by atoms with E-state index in [9.17, 15) is 19.2 Å². The van der Waals surface area contributed by atoms with Crippen LogP contribution in [0.1, 0.15) is 58.4 Å². The molecule has 2 aromatic rings. The fourth-order valence-corrected chi connectivity index (χ4v) is 5.27. The van der Waals surface area contributed by atoms with Gasteiger partial charge in [-0.2, -0.15) is 0 Å². The smallest absolute Gasteiger partial charge is 0.255 e. The lowest BCUT2D eigenvalue weighted by atomic mass is 9.93. The van der Waals surface area contributed by atoms with E-state index in [0.29, 0.717) is 42.5 Å². The number of rotatable bonds is 7. The molecule has 4 amide bonds. The number of benzene rings is 1. The lowest BCUT2D eigenvalue weighted by Gasteiger charge is -2.35. The molecule has 3 aliphatic rings. The molecule has 0 saturated carbocycles. The van der Waals surface area contributed by atoms with E-state index >= 15 is 0 Å². The Bertz CT molecular complexity index is 1190. The van der Waals surface area contributed by atoms with E-state index in [1.54, 1.807) is 17.0 Å². The van der Waals surface area contributed by atoms with Crippen molar-refractivity contribution < 1.29 is 23.9 Å². The molecular formula is C26H29N5O5. The lowest BCUT2D eigenvalue weighted by molar-refractivity contribution is -0.136. The molecule has 0 spiro atoms. The standard InChI is InChI=1S/C26H29N5O5/c27-24(33)17-4-7-23(28-14-17)36-13-10-16-8-11-30(12-9-16)20-3-1-2-18-19(20)15-31(26(18)35)21-5-6-22(32)29-25(21)34/h1-4,7,14,16,21H,5-6,8-13,15H2,(H2,27,33)(H,29,32,34). The van der Waals surface area contributed by atoms with E-state index in [-0.39, 0.29) is 18.2 Å². The predicted octanol–water partition coefficient (Wildman–Crippen LogP) is 1.63. The van der Waals surface area contributed by atoms with Crippen molar-refractivity contribution >= 4 is 29.3 Å². The first kappa shape index (κ1) is 23.8. The molecular weight excluding hydrogens is 462 g/mol. The molecule has 2 saturated heterocycles. The molecule has 36 heavy (non-hydrogen) atoms. The van der Waals surface area contributed by atoms with Gasteiger partial charge in [-0.25, -0.2) is 4.98 Å². The summed E-state index contributed by atoms with van der Waals surface area (Å²) in [6, 6.07) is 8.41. The number of imide groups is 1. The molecule has 2 fully saturated rings. The summed E-state index contributed by atoms with van der Waals surface area (Å²) in [5.41, 5.74) is 8.23. The van der Waals surface area contributed by atoms with Gasteiger partial charge in [-0.05, 0) is 49.8 Å². The SMILES string of the molecule is NC(=O)c1ccc(OCCC2CCN(c3cccc4c3CN(C3CCC(=O)NC3=O)C4=O)CC2)nc1. The number of piperidine rings is 2. The second kappa shape index (κ2) is 9.96. The van der Waals surface area contributed by atoms with E-state index in [1.165, 1.54) is 6.20 Å². The van der Waals surface area contributed by atoms with Crippen LogP contribution in [-0.2, 0) is 16.1 Å². The van der Waals surface area contributed by atoms with Crippen LogP contribution in [0.3, 0.4) is 0 Å². The maximum Gasteiger partial charge on any atom is 0.255 e. The Morgan fingerprint density at radius 3 is 2.61 bits per heavy atom. The van der Waals surface area contributed by atoms with Crippen LogP contribution in [0, 0.1) is 5.92 Å². The van der Waals surface area contributed by atoms with Gasteiger partial charge in [0.1, 0.15) is 6.04 Å². The van der Waals surface area contributed by atoms with Crippen LogP contribution in [0.4, 0.5) is 5.69 Å². The Balaban J connectivity index is 1.16. The molecule has 4 heterocycles.